The Morgan fingerprint density at radius 3 is 2.04 bits per heavy atom. The molecule has 2 rings (SSSR count). The Morgan fingerprint density at radius 1 is 1.12 bits per heavy atom. The van der Waals surface area contributed by atoms with Crippen LogP contribution in [-0.4, -0.2) is 39.8 Å². The third-order valence-corrected chi connectivity index (χ3v) is 5.80. The summed E-state index contributed by atoms with van der Waals surface area (Å²) in [5.74, 6) is 0.576. The number of aromatic hydroxyl groups is 1. The lowest BCUT2D eigenvalue weighted by Gasteiger charge is -2.28. The van der Waals surface area contributed by atoms with Crippen LogP contribution in [0.1, 0.15) is 58.2 Å². The number of phenols is 1. The van der Waals surface area contributed by atoms with E-state index in [9.17, 15) is 14.5 Å². The average Bonchev–Trinajstić information content (AvgIpc) is 2.46. The van der Waals surface area contributed by atoms with Crippen LogP contribution < -0.4 is 0 Å². The number of hydrogen-bond donors (Lipinski definition) is 1. The van der Waals surface area contributed by atoms with Gasteiger partial charge in [0.05, 0.1) is 6.54 Å². The normalized spacial score (nSPS) is 21.1. The molecule has 1 amide bonds. The minimum atomic E-state index is -1.28. The second-order valence-corrected chi connectivity index (χ2v) is 10.3. The van der Waals surface area contributed by atoms with Crippen molar-refractivity contribution in [3.8, 4) is 5.75 Å². The molecule has 1 heterocycles. The highest BCUT2D eigenvalue weighted by Crippen LogP contribution is 2.40. The van der Waals surface area contributed by atoms with Crippen LogP contribution in [0.5, 0.6) is 5.75 Å². The van der Waals surface area contributed by atoms with Gasteiger partial charge in [-0.2, -0.15) is 0 Å². The van der Waals surface area contributed by atoms with Crippen molar-refractivity contribution in [1.29, 1.82) is 0 Å². The molecule has 0 saturated carbocycles. The zero-order chi connectivity index (χ0) is 19.2. The number of likely N-dealkylation sites (N-methyl/N-ethyl adjacent to an activating group) is 1. The first-order valence-electron chi connectivity index (χ1n) is 8.56. The molecule has 1 aliphatic heterocycles. The number of hydrogen-bond acceptors (Lipinski definition) is 3. The van der Waals surface area contributed by atoms with Crippen molar-refractivity contribution in [2.75, 3.05) is 19.3 Å². The lowest BCUT2D eigenvalue weighted by molar-refractivity contribution is -0.125. The highest BCUT2D eigenvalue weighted by atomic mass is 32.2. The number of nitrogens with zero attached hydrogens (tertiary/aromatic N) is 1. The molecule has 25 heavy (non-hydrogen) atoms. The van der Waals surface area contributed by atoms with Crippen molar-refractivity contribution >= 4 is 23.2 Å². The van der Waals surface area contributed by atoms with Crippen LogP contribution >= 0.6 is 0 Å². The second-order valence-electron chi connectivity index (χ2n) is 8.75. The summed E-state index contributed by atoms with van der Waals surface area (Å²) < 4.78 is 12.3. The molecule has 1 aromatic rings. The number of benzene rings is 1. The molecule has 138 valence electrons. The van der Waals surface area contributed by atoms with E-state index in [1.54, 1.807) is 18.0 Å². The summed E-state index contributed by atoms with van der Waals surface area (Å²) in [6.07, 6.45) is 1.72. The smallest absolute Gasteiger partial charge is 0.301 e. The summed E-state index contributed by atoms with van der Waals surface area (Å²) in [6.45, 7) is 12.8. The first-order valence-corrected chi connectivity index (χ1v) is 9.88. The molecule has 0 aliphatic carbocycles. The van der Waals surface area contributed by atoms with Gasteiger partial charge in [-0.15, -0.1) is 0 Å². The van der Waals surface area contributed by atoms with Gasteiger partial charge in [0.25, 0.3) is 0 Å². The summed E-state index contributed by atoms with van der Waals surface area (Å²) in [6, 6.07) is 3.80. The van der Waals surface area contributed by atoms with Gasteiger partial charge in [0, 0.05) is 24.3 Å². The van der Waals surface area contributed by atoms with Crippen molar-refractivity contribution in [3.05, 3.63) is 33.7 Å². The van der Waals surface area contributed by atoms with Gasteiger partial charge in [0.2, 0.25) is 4.91 Å². The Kier molecular flexibility index (Phi) is 5.31. The van der Waals surface area contributed by atoms with E-state index in [1.165, 1.54) is 0 Å². The molecule has 0 bridgehead atoms. The minimum Gasteiger partial charge on any atom is -0.611 e. The van der Waals surface area contributed by atoms with Crippen molar-refractivity contribution in [3.63, 3.8) is 0 Å². The van der Waals surface area contributed by atoms with Crippen molar-refractivity contribution in [1.82, 2.24) is 4.90 Å². The Balaban J connectivity index is 2.66. The fourth-order valence-corrected chi connectivity index (χ4v) is 4.16. The van der Waals surface area contributed by atoms with Crippen LogP contribution in [0.2, 0.25) is 0 Å². The van der Waals surface area contributed by atoms with Gasteiger partial charge in [0.15, 0.2) is 0 Å². The van der Waals surface area contributed by atoms with E-state index in [-0.39, 0.29) is 16.7 Å². The molecule has 1 N–H and O–H groups in total. The standard InChI is InChI=1S/C20H29NO3S/c1-19(2,3)14-10-13(11-15(17(14)22)20(4,5)6)12-16-18(23)21(7)8-9-25(16)24/h10-12,22H,8-9H2,1-7H3/b16-12-. The summed E-state index contributed by atoms with van der Waals surface area (Å²) in [7, 11) is 1.73. The van der Waals surface area contributed by atoms with Crippen LogP contribution in [-0.2, 0) is 26.8 Å². The Morgan fingerprint density at radius 2 is 1.60 bits per heavy atom. The van der Waals surface area contributed by atoms with Crippen molar-refractivity contribution in [2.24, 2.45) is 0 Å². The number of phenolic OH excluding ortho intramolecular Hbond substituents is 1. The fraction of sp³-hybridized carbons (Fsp3) is 0.550. The van der Waals surface area contributed by atoms with Crippen LogP contribution in [0, 0.1) is 0 Å². The van der Waals surface area contributed by atoms with Crippen LogP contribution in [0.3, 0.4) is 0 Å². The van der Waals surface area contributed by atoms with E-state index in [0.29, 0.717) is 23.0 Å². The third-order valence-electron chi connectivity index (χ3n) is 4.46. The molecule has 1 fully saturated rings. The summed E-state index contributed by atoms with van der Waals surface area (Å²) in [4.78, 5) is 14.3. The maximum Gasteiger partial charge on any atom is 0.301 e. The van der Waals surface area contributed by atoms with Crippen molar-refractivity contribution in [2.45, 2.75) is 52.4 Å². The van der Waals surface area contributed by atoms with Gasteiger partial charge >= 0.3 is 5.91 Å². The monoisotopic (exact) mass is 363 g/mol. The fourth-order valence-electron chi connectivity index (χ4n) is 2.88. The molecule has 0 spiro atoms. The molecule has 1 unspecified atom stereocenters. The molecule has 5 heteroatoms. The van der Waals surface area contributed by atoms with E-state index < -0.39 is 11.2 Å². The quantitative estimate of drug-likeness (QED) is 0.613. The van der Waals surface area contributed by atoms with Crippen LogP contribution in [0.25, 0.3) is 6.08 Å². The number of rotatable bonds is 1. The zero-order valence-corrected chi connectivity index (χ0v) is 17.1. The summed E-state index contributed by atoms with van der Waals surface area (Å²) >= 11 is -1.28. The molecule has 4 nitrogen and oxygen atoms in total. The maximum absolute atomic E-state index is 12.4. The molecule has 0 aromatic heterocycles. The Hall–Kier alpha value is -1.46. The lowest BCUT2D eigenvalue weighted by Crippen LogP contribution is -2.40. The van der Waals surface area contributed by atoms with Gasteiger partial charge in [-0.1, -0.05) is 41.5 Å². The SMILES string of the molecule is CN1CC[S+]([O-])/C(=C\c2cc(C(C)(C)C)c(O)c(C(C)(C)C)c2)C1=O. The van der Waals surface area contributed by atoms with E-state index in [1.807, 2.05) is 53.7 Å². The Labute approximate surface area is 154 Å². The molecule has 1 atom stereocenters. The first kappa shape index (κ1) is 19.9. The van der Waals surface area contributed by atoms with Gasteiger partial charge in [-0.05, 0) is 39.7 Å². The highest BCUT2D eigenvalue weighted by Gasteiger charge is 2.33. The third kappa shape index (κ3) is 4.21. The van der Waals surface area contributed by atoms with Crippen molar-refractivity contribution < 1.29 is 14.5 Å². The molecule has 1 saturated heterocycles. The minimum absolute atomic E-state index is 0.188. The predicted octanol–water partition coefficient (Wildman–Crippen LogP) is 3.55. The predicted molar refractivity (Wildman–Crippen MR) is 104 cm³/mol. The molecular weight excluding hydrogens is 334 g/mol. The number of carbonyl (C=O) groups excluding carboxylic acids is 1. The maximum atomic E-state index is 12.4. The molecule has 1 aromatic carbocycles. The van der Waals surface area contributed by atoms with Gasteiger partial charge in [-0.3, -0.25) is 4.79 Å². The average molecular weight is 364 g/mol. The molecular formula is C20H29NO3S. The van der Waals surface area contributed by atoms with E-state index >= 15 is 0 Å². The lowest BCUT2D eigenvalue weighted by atomic mass is 9.78. The highest BCUT2D eigenvalue weighted by molar-refractivity contribution is 7.96. The van der Waals surface area contributed by atoms with Gasteiger partial charge in [-0.25, -0.2) is 0 Å². The zero-order valence-electron chi connectivity index (χ0n) is 16.3. The van der Waals surface area contributed by atoms with Gasteiger partial charge < -0.3 is 14.6 Å². The van der Waals surface area contributed by atoms with Gasteiger partial charge in [0.1, 0.15) is 11.5 Å². The topological polar surface area (TPSA) is 63.6 Å². The molecule has 0 radical (unpaired) electrons. The largest absolute Gasteiger partial charge is 0.611 e. The van der Waals surface area contributed by atoms with E-state index in [4.69, 9.17) is 0 Å². The number of amides is 1. The molecule has 1 aliphatic rings. The second kappa shape index (κ2) is 6.69. The van der Waals surface area contributed by atoms with E-state index in [2.05, 4.69) is 0 Å². The van der Waals surface area contributed by atoms with E-state index in [0.717, 1.165) is 16.7 Å². The summed E-state index contributed by atoms with van der Waals surface area (Å²) in [5, 5.41) is 10.8. The Bertz CT molecular complexity index is 676. The summed E-state index contributed by atoms with van der Waals surface area (Å²) in [5.41, 5.74) is 1.97. The first-order chi connectivity index (χ1) is 11.3. The van der Waals surface area contributed by atoms with Crippen LogP contribution in [0.4, 0.5) is 0 Å². The van der Waals surface area contributed by atoms with Crippen LogP contribution in [0.15, 0.2) is 17.0 Å². The number of carbonyl (C=O) groups is 1.